The number of hydrogen-bond donors (Lipinski definition) is 1. The monoisotopic (exact) mass is 228 g/mol. The molecular formula is C12H24N2O2. The van der Waals surface area contributed by atoms with Crippen LogP contribution < -0.4 is 5.32 Å². The van der Waals surface area contributed by atoms with Gasteiger partial charge in [0.2, 0.25) is 0 Å². The number of carbonyl (C=O) groups excluding carboxylic acids is 1. The van der Waals surface area contributed by atoms with Gasteiger partial charge in [-0.15, -0.1) is 0 Å². The number of ether oxygens (including phenoxy) is 1. The molecule has 4 nitrogen and oxygen atoms in total. The van der Waals surface area contributed by atoms with E-state index in [-0.39, 0.29) is 12.1 Å². The quantitative estimate of drug-likeness (QED) is 0.780. The second kappa shape index (κ2) is 6.74. The number of urea groups is 1. The van der Waals surface area contributed by atoms with Crippen molar-refractivity contribution in [1.82, 2.24) is 10.2 Å². The first-order valence-electron chi connectivity index (χ1n) is 6.30. The Bertz CT molecular complexity index is 215. The Labute approximate surface area is 98.3 Å². The maximum atomic E-state index is 11.9. The Morgan fingerprint density at radius 2 is 2.31 bits per heavy atom. The average molecular weight is 228 g/mol. The molecule has 0 saturated carbocycles. The molecule has 2 amide bonds. The fourth-order valence-electron chi connectivity index (χ4n) is 1.78. The van der Waals surface area contributed by atoms with E-state index < -0.39 is 0 Å². The smallest absolute Gasteiger partial charge is 0.317 e. The summed E-state index contributed by atoms with van der Waals surface area (Å²) in [6.45, 7) is 9.38. The minimum Gasteiger partial charge on any atom is -0.379 e. The SMILES string of the molecule is CCC(C)CN(CC)C(=O)NC1CCOC1. The second-order valence-corrected chi connectivity index (χ2v) is 4.56. The van der Waals surface area contributed by atoms with Crippen LogP contribution in [0, 0.1) is 5.92 Å². The van der Waals surface area contributed by atoms with Crippen molar-refractivity contribution in [3.8, 4) is 0 Å². The highest BCUT2D eigenvalue weighted by molar-refractivity contribution is 5.74. The van der Waals surface area contributed by atoms with Gasteiger partial charge in [0, 0.05) is 19.7 Å². The van der Waals surface area contributed by atoms with Crippen molar-refractivity contribution in [3.05, 3.63) is 0 Å². The van der Waals surface area contributed by atoms with Crippen LogP contribution in [0.15, 0.2) is 0 Å². The molecule has 1 N–H and O–H groups in total. The van der Waals surface area contributed by atoms with Crippen LogP contribution in [0.4, 0.5) is 4.79 Å². The van der Waals surface area contributed by atoms with Crippen molar-refractivity contribution >= 4 is 6.03 Å². The molecule has 1 aliphatic heterocycles. The van der Waals surface area contributed by atoms with Gasteiger partial charge in [-0.2, -0.15) is 0 Å². The van der Waals surface area contributed by atoms with E-state index in [1.54, 1.807) is 0 Å². The van der Waals surface area contributed by atoms with Gasteiger partial charge in [-0.05, 0) is 19.3 Å². The van der Waals surface area contributed by atoms with Crippen LogP contribution in [0.25, 0.3) is 0 Å². The lowest BCUT2D eigenvalue weighted by Gasteiger charge is -2.25. The summed E-state index contributed by atoms with van der Waals surface area (Å²) in [5.41, 5.74) is 0. The predicted octanol–water partition coefficient (Wildman–Crippen LogP) is 1.85. The normalized spacial score (nSPS) is 21.8. The standard InChI is InChI=1S/C12H24N2O2/c1-4-10(3)8-14(5-2)12(15)13-11-6-7-16-9-11/h10-11H,4-9H2,1-3H3,(H,13,15). The maximum absolute atomic E-state index is 11.9. The van der Waals surface area contributed by atoms with Crippen LogP contribution in [0.5, 0.6) is 0 Å². The van der Waals surface area contributed by atoms with E-state index in [4.69, 9.17) is 4.74 Å². The molecule has 1 saturated heterocycles. The van der Waals surface area contributed by atoms with Crippen LogP contribution in [0.3, 0.4) is 0 Å². The summed E-state index contributed by atoms with van der Waals surface area (Å²) in [7, 11) is 0. The predicted molar refractivity (Wildman–Crippen MR) is 64.5 cm³/mol. The van der Waals surface area contributed by atoms with Crippen molar-refractivity contribution in [2.75, 3.05) is 26.3 Å². The van der Waals surface area contributed by atoms with E-state index >= 15 is 0 Å². The highest BCUT2D eigenvalue weighted by Gasteiger charge is 2.21. The fourth-order valence-corrected chi connectivity index (χ4v) is 1.78. The van der Waals surface area contributed by atoms with E-state index in [1.165, 1.54) is 0 Å². The van der Waals surface area contributed by atoms with Crippen molar-refractivity contribution in [3.63, 3.8) is 0 Å². The van der Waals surface area contributed by atoms with E-state index in [0.717, 1.165) is 32.5 Å². The minimum atomic E-state index is 0.0540. The number of hydrogen-bond acceptors (Lipinski definition) is 2. The topological polar surface area (TPSA) is 41.6 Å². The zero-order chi connectivity index (χ0) is 12.0. The first-order valence-corrected chi connectivity index (χ1v) is 6.30. The molecule has 16 heavy (non-hydrogen) atoms. The Hall–Kier alpha value is -0.770. The Balaban J connectivity index is 2.35. The summed E-state index contributed by atoms with van der Waals surface area (Å²) >= 11 is 0. The number of rotatable bonds is 5. The van der Waals surface area contributed by atoms with Gasteiger partial charge in [0.15, 0.2) is 0 Å². The molecule has 0 aromatic carbocycles. The van der Waals surface area contributed by atoms with Crippen LogP contribution in [0.2, 0.25) is 0 Å². The summed E-state index contributed by atoms with van der Waals surface area (Å²) in [6.07, 6.45) is 2.04. The molecule has 1 rings (SSSR count). The summed E-state index contributed by atoms with van der Waals surface area (Å²) < 4.78 is 5.24. The summed E-state index contributed by atoms with van der Waals surface area (Å²) in [6, 6.07) is 0.261. The molecule has 1 aliphatic rings. The fraction of sp³-hybridized carbons (Fsp3) is 0.917. The van der Waals surface area contributed by atoms with Crippen molar-refractivity contribution in [1.29, 1.82) is 0 Å². The molecule has 4 heteroatoms. The number of nitrogens with one attached hydrogen (secondary N) is 1. The molecule has 0 bridgehead atoms. The Morgan fingerprint density at radius 3 is 2.81 bits per heavy atom. The molecule has 0 spiro atoms. The molecule has 2 atom stereocenters. The van der Waals surface area contributed by atoms with Crippen molar-refractivity contribution < 1.29 is 9.53 Å². The summed E-state index contributed by atoms with van der Waals surface area (Å²) in [4.78, 5) is 13.8. The van der Waals surface area contributed by atoms with Crippen LogP contribution in [-0.4, -0.2) is 43.3 Å². The third kappa shape index (κ3) is 4.00. The third-order valence-electron chi connectivity index (χ3n) is 3.16. The van der Waals surface area contributed by atoms with E-state index in [1.807, 2.05) is 11.8 Å². The van der Waals surface area contributed by atoms with Crippen molar-refractivity contribution in [2.24, 2.45) is 5.92 Å². The lowest BCUT2D eigenvalue weighted by molar-refractivity contribution is 0.175. The van der Waals surface area contributed by atoms with Gasteiger partial charge in [-0.3, -0.25) is 0 Å². The van der Waals surface area contributed by atoms with Gasteiger partial charge in [0.05, 0.1) is 12.6 Å². The maximum Gasteiger partial charge on any atom is 0.317 e. The molecule has 0 aliphatic carbocycles. The minimum absolute atomic E-state index is 0.0540. The summed E-state index contributed by atoms with van der Waals surface area (Å²) in [5, 5.41) is 3.02. The highest BCUT2D eigenvalue weighted by atomic mass is 16.5. The lowest BCUT2D eigenvalue weighted by Crippen LogP contribution is -2.46. The zero-order valence-electron chi connectivity index (χ0n) is 10.7. The molecule has 0 aromatic heterocycles. The van der Waals surface area contributed by atoms with E-state index in [9.17, 15) is 4.79 Å². The van der Waals surface area contributed by atoms with Crippen LogP contribution >= 0.6 is 0 Å². The number of carbonyl (C=O) groups is 1. The van der Waals surface area contributed by atoms with Gasteiger partial charge >= 0.3 is 6.03 Å². The zero-order valence-corrected chi connectivity index (χ0v) is 10.7. The number of nitrogens with zero attached hydrogens (tertiary/aromatic N) is 1. The van der Waals surface area contributed by atoms with Crippen LogP contribution in [0.1, 0.15) is 33.6 Å². The van der Waals surface area contributed by atoms with Gasteiger partial charge in [0.25, 0.3) is 0 Å². The molecule has 1 fully saturated rings. The Morgan fingerprint density at radius 1 is 1.56 bits per heavy atom. The first kappa shape index (κ1) is 13.3. The molecule has 0 radical (unpaired) electrons. The number of amides is 2. The lowest BCUT2D eigenvalue weighted by atomic mass is 10.1. The van der Waals surface area contributed by atoms with Gasteiger partial charge in [-0.25, -0.2) is 4.79 Å². The molecule has 2 unspecified atom stereocenters. The molecule has 1 heterocycles. The van der Waals surface area contributed by atoms with Crippen molar-refractivity contribution in [2.45, 2.75) is 39.7 Å². The molecular weight excluding hydrogens is 204 g/mol. The first-order chi connectivity index (χ1) is 7.67. The van der Waals surface area contributed by atoms with Gasteiger partial charge in [-0.1, -0.05) is 20.3 Å². The summed E-state index contributed by atoms with van der Waals surface area (Å²) in [5.74, 6) is 0.561. The second-order valence-electron chi connectivity index (χ2n) is 4.56. The van der Waals surface area contributed by atoms with E-state index in [0.29, 0.717) is 12.5 Å². The van der Waals surface area contributed by atoms with Gasteiger partial charge in [0.1, 0.15) is 0 Å². The highest BCUT2D eigenvalue weighted by Crippen LogP contribution is 2.07. The third-order valence-corrected chi connectivity index (χ3v) is 3.16. The van der Waals surface area contributed by atoms with Crippen LogP contribution in [-0.2, 0) is 4.74 Å². The van der Waals surface area contributed by atoms with E-state index in [2.05, 4.69) is 19.2 Å². The molecule has 94 valence electrons. The molecule has 0 aromatic rings. The Kier molecular flexibility index (Phi) is 5.60. The van der Waals surface area contributed by atoms with Gasteiger partial charge < -0.3 is 15.0 Å². The average Bonchev–Trinajstić information content (AvgIpc) is 2.77. The largest absolute Gasteiger partial charge is 0.379 e.